The maximum absolute atomic E-state index is 10.9. The quantitative estimate of drug-likeness (QED) is 0.418. The first kappa shape index (κ1) is 15.6. The SMILES string of the molecule is CN1CCCC1C1CC2(O)CC(O)C(O)CC2(O)CC1O. The van der Waals surface area contributed by atoms with Gasteiger partial charge in [-0.1, -0.05) is 0 Å². The van der Waals surface area contributed by atoms with E-state index in [1.807, 2.05) is 7.05 Å². The average molecular weight is 301 g/mol. The van der Waals surface area contributed by atoms with Gasteiger partial charge in [-0.3, -0.25) is 0 Å². The van der Waals surface area contributed by atoms with Crippen molar-refractivity contribution in [3.63, 3.8) is 0 Å². The lowest BCUT2D eigenvalue weighted by atomic mass is 9.58. The Morgan fingerprint density at radius 3 is 1.90 bits per heavy atom. The minimum Gasteiger partial charge on any atom is -0.393 e. The summed E-state index contributed by atoms with van der Waals surface area (Å²) >= 11 is 0. The Morgan fingerprint density at radius 2 is 1.38 bits per heavy atom. The van der Waals surface area contributed by atoms with Gasteiger partial charge in [-0.15, -0.1) is 0 Å². The highest BCUT2D eigenvalue weighted by Crippen LogP contribution is 2.50. The summed E-state index contributed by atoms with van der Waals surface area (Å²) in [4.78, 5) is 2.20. The molecule has 0 aromatic rings. The largest absolute Gasteiger partial charge is 0.393 e. The van der Waals surface area contributed by atoms with Crippen molar-refractivity contribution in [1.29, 1.82) is 0 Å². The molecule has 0 radical (unpaired) electrons. The van der Waals surface area contributed by atoms with Gasteiger partial charge in [0, 0.05) is 31.2 Å². The highest BCUT2D eigenvalue weighted by Gasteiger charge is 2.61. The van der Waals surface area contributed by atoms with Gasteiger partial charge in [-0.05, 0) is 32.9 Å². The molecule has 2 aliphatic carbocycles. The third-order valence-electron chi connectivity index (χ3n) is 6.09. The van der Waals surface area contributed by atoms with Crippen LogP contribution in [0.15, 0.2) is 0 Å². The van der Waals surface area contributed by atoms with E-state index in [1.54, 1.807) is 0 Å². The van der Waals surface area contributed by atoms with E-state index in [4.69, 9.17) is 0 Å². The minimum absolute atomic E-state index is 0.0374. The van der Waals surface area contributed by atoms with Gasteiger partial charge in [0.25, 0.3) is 0 Å². The van der Waals surface area contributed by atoms with Crippen molar-refractivity contribution in [3.8, 4) is 0 Å². The molecule has 6 heteroatoms. The molecule has 7 atom stereocenters. The summed E-state index contributed by atoms with van der Waals surface area (Å²) in [5.41, 5.74) is -2.95. The third-order valence-corrected chi connectivity index (χ3v) is 6.09. The van der Waals surface area contributed by atoms with E-state index >= 15 is 0 Å². The molecule has 0 amide bonds. The highest BCUT2D eigenvalue weighted by molar-refractivity contribution is 5.13. The molecule has 2 saturated carbocycles. The Kier molecular flexibility index (Phi) is 3.83. The van der Waals surface area contributed by atoms with Gasteiger partial charge in [-0.2, -0.15) is 0 Å². The Bertz CT molecular complexity index is 408. The number of fused-ring (bicyclic) bond motifs is 1. The Hall–Kier alpha value is -0.240. The van der Waals surface area contributed by atoms with Gasteiger partial charge in [-0.25, -0.2) is 0 Å². The molecule has 3 fully saturated rings. The lowest BCUT2D eigenvalue weighted by Gasteiger charge is -2.57. The summed E-state index contributed by atoms with van der Waals surface area (Å²) in [5, 5.41) is 51.8. The van der Waals surface area contributed by atoms with Crippen molar-refractivity contribution < 1.29 is 25.5 Å². The van der Waals surface area contributed by atoms with E-state index in [1.165, 1.54) is 0 Å². The van der Waals surface area contributed by atoms with E-state index < -0.39 is 29.5 Å². The van der Waals surface area contributed by atoms with Crippen LogP contribution in [0.1, 0.15) is 38.5 Å². The lowest BCUT2D eigenvalue weighted by molar-refractivity contribution is -0.263. The fourth-order valence-electron chi connectivity index (χ4n) is 4.78. The van der Waals surface area contributed by atoms with Crippen molar-refractivity contribution in [2.45, 2.75) is 74.1 Å². The summed E-state index contributed by atoms with van der Waals surface area (Å²) < 4.78 is 0. The second kappa shape index (κ2) is 5.15. The van der Waals surface area contributed by atoms with Gasteiger partial charge < -0.3 is 30.4 Å². The average Bonchev–Trinajstić information content (AvgIpc) is 2.79. The van der Waals surface area contributed by atoms with E-state index in [0.717, 1.165) is 19.4 Å². The van der Waals surface area contributed by atoms with E-state index in [0.29, 0.717) is 0 Å². The maximum Gasteiger partial charge on any atom is 0.0984 e. The van der Waals surface area contributed by atoms with Crippen molar-refractivity contribution in [2.75, 3.05) is 13.6 Å². The van der Waals surface area contributed by atoms with Crippen LogP contribution in [-0.2, 0) is 0 Å². The van der Waals surface area contributed by atoms with E-state index in [9.17, 15) is 25.5 Å². The molecule has 0 aromatic heterocycles. The standard InChI is InChI=1S/C15H27NO5/c1-16-4-2-3-10(16)9-5-14(20)7-12(18)13(19)8-15(14,21)6-11(9)17/h9-13,17-21H,2-8H2,1H3. The number of nitrogens with zero attached hydrogens (tertiary/aromatic N) is 1. The van der Waals surface area contributed by atoms with Crippen LogP contribution in [0.2, 0.25) is 0 Å². The lowest BCUT2D eigenvalue weighted by Crippen LogP contribution is -2.68. The fraction of sp³-hybridized carbons (Fsp3) is 1.00. The van der Waals surface area contributed by atoms with Crippen molar-refractivity contribution in [3.05, 3.63) is 0 Å². The topological polar surface area (TPSA) is 104 Å². The molecule has 1 heterocycles. The first-order valence-corrected chi connectivity index (χ1v) is 7.95. The first-order valence-electron chi connectivity index (χ1n) is 7.95. The zero-order chi connectivity index (χ0) is 15.4. The molecule has 3 rings (SSSR count). The fourth-order valence-corrected chi connectivity index (χ4v) is 4.78. The molecule has 1 saturated heterocycles. The first-order chi connectivity index (χ1) is 9.76. The minimum atomic E-state index is -1.52. The van der Waals surface area contributed by atoms with E-state index in [2.05, 4.69) is 4.90 Å². The van der Waals surface area contributed by atoms with Crippen LogP contribution < -0.4 is 0 Å². The molecular weight excluding hydrogens is 274 g/mol. The van der Waals surface area contributed by atoms with Crippen LogP contribution >= 0.6 is 0 Å². The Labute approximate surface area is 125 Å². The number of rotatable bonds is 1. The molecule has 7 unspecified atom stereocenters. The second-order valence-electron chi connectivity index (χ2n) is 7.44. The summed E-state index contributed by atoms with van der Waals surface area (Å²) in [7, 11) is 2.02. The van der Waals surface area contributed by atoms with E-state index in [-0.39, 0.29) is 37.6 Å². The number of aliphatic hydroxyl groups excluding tert-OH is 3. The van der Waals surface area contributed by atoms with Gasteiger partial charge >= 0.3 is 0 Å². The number of hydrogen-bond donors (Lipinski definition) is 5. The zero-order valence-corrected chi connectivity index (χ0v) is 12.5. The van der Waals surface area contributed by atoms with Crippen LogP contribution in [0.5, 0.6) is 0 Å². The maximum atomic E-state index is 10.9. The number of likely N-dealkylation sites (tertiary alicyclic amines) is 1. The molecular formula is C15H27NO5. The predicted molar refractivity (Wildman–Crippen MR) is 75.5 cm³/mol. The van der Waals surface area contributed by atoms with Crippen LogP contribution in [0.3, 0.4) is 0 Å². The number of hydrogen-bond acceptors (Lipinski definition) is 6. The molecule has 0 bridgehead atoms. The Balaban J connectivity index is 1.84. The third kappa shape index (κ3) is 2.42. The van der Waals surface area contributed by atoms with Gasteiger partial charge in [0.15, 0.2) is 0 Å². The van der Waals surface area contributed by atoms with Crippen molar-refractivity contribution in [2.24, 2.45) is 5.92 Å². The summed E-state index contributed by atoms with van der Waals surface area (Å²) in [6.07, 6.45) is -0.499. The van der Waals surface area contributed by atoms with Crippen molar-refractivity contribution in [1.82, 2.24) is 4.90 Å². The van der Waals surface area contributed by atoms with Crippen molar-refractivity contribution >= 4 is 0 Å². The molecule has 122 valence electrons. The van der Waals surface area contributed by atoms with Crippen LogP contribution in [0.25, 0.3) is 0 Å². The normalized spacial score (nSPS) is 55.4. The summed E-state index contributed by atoms with van der Waals surface area (Å²) in [6, 6.07) is 0.206. The monoisotopic (exact) mass is 301 g/mol. The Morgan fingerprint density at radius 1 is 0.857 bits per heavy atom. The molecule has 1 aliphatic heterocycles. The second-order valence-corrected chi connectivity index (χ2v) is 7.44. The molecule has 3 aliphatic rings. The van der Waals surface area contributed by atoms with Gasteiger partial charge in [0.1, 0.15) is 0 Å². The van der Waals surface area contributed by atoms with Crippen LogP contribution in [-0.4, -0.2) is 79.6 Å². The molecule has 0 spiro atoms. The van der Waals surface area contributed by atoms with Gasteiger partial charge in [0.05, 0.1) is 29.5 Å². The zero-order valence-electron chi connectivity index (χ0n) is 12.5. The summed E-state index contributed by atoms with van der Waals surface area (Å²) in [5.74, 6) is -0.106. The molecule has 5 N–H and O–H groups in total. The van der Waals surface area contributed by atoms with Gasteiger partial charge in [0.2, 0.25) is 0 Å². The van der Waals surface area contributed by atoms with Crippen LogP contribution in [0.4, 0.5) is 0 Å². The molecule has 21 heavy (non-hydrogen) atoms. The highest BCUT2D eigenvalue weighted by atomic mass is 16.4. The predicted octanol–water partition coefficient (Wildman–Crippen LogP) is -1.17. The smallest absolute Gasteiger partial charge is 0.0984 e. The number of aliphatic hydroxyl groups is 5. The van der Waals surface area contributed by atoms with Crippen LogP contribution in [0, 0.1) is 5.92 Å². The molecule has 0 aromatic carbocycles. The molecule has 6 nitrogen and oxygen atoms in total. The summed E-state index contributed by atoms with van der Waals surface area (Å²) in [6.45, 7) is 0.984.